The van der Waals surface area contributed by atoms with Gasteiger partial charge >= 0.3 is 5.97 Å². The van der Waals surface area contributed by atoms with Crippen molar-refractivity contribution < 1.29 is 14.3 Å². The normalized spacial score (nSPS) is 11.0. The second kappa shape index (κ2) is 5.21. The zero-order chi connectivity index (χ0) is 13.1. The molecule has 0 spiro atoms. The summed E-state index contributed by atoms with van der Waals surface area (Å²) >= 11 is 0. The molecule has 0 aliphatic rings. The van der Waals surface area contributed by atoms with E-state index in [9.17, 15) is 4.79 Å². The molecule has 1 N–H and O–H groups in total. The zero-order valence-electron chi connectivity index (χ0n) is 10.7. The molecule has 2 rings (SSSR count). The van der Waals surface area contributed by atoms with Crippen LogP contribution in [0.4, 0.5) is 0 Å². The Labute approximate surface area is 106 Å². The standard InChI is InChI=1S/C14H17NO3/c1-9-7-10(2)14-11(8-9)15-12(18-14)5-3-4-6-13(16)17/h7-8H,3-6H2,1-2H3,(H,16,17). The van der Waals surface area contributed by atoms with Gasteiger partial charge in [0.05, 0.1) is 0 Å². The van der Waals surface area contributed by atoms with Gasteiger partial charge in [-0.2, -0.15) is 0 Å². The molecule has 0 aliphatic carbocycles. The number of aliphatic carboxylic acids is 1. The Morgan fingerprint density at radius 2 is 2.11 bits per heavy atom. The van der Waals surface area contributed by atoms with E-state index in [1.54, 1.807) is 0 Å². The number of unbranched alkanes of at least 4 members (excludes halogenated alkanes) is 1. The number of carbonyl (C=O) groups is 1. The molecule has 2 aromatic rings. The first-order valence-corrected chi connectivity index (χ1v) is 6.15. The molecule has 0 saturated carbocycles. The number of hydrogen-bond acceptors (Lipinski definition) is 3. The molecule has 0 unspecified atom stereocenters. The highest BCUT2D eigenvalue weighted by atomic mass is 16.4. The average molecular weight is 247 g/mol. The minimum Gasteiger partial charge on any atom is -0.481 e. The number of rotatable bonds is 5. The van der Waals surface area contributed by atoms with E-state index in [1.807, 2.05) is 19.9 Å². The minimum atomic E-state index is -0.751. The number of benzene rings is 1. The number of fused-ring (bicyclic) bond motifs is 1. The second-order valence-corrected chi connectivity index (χ2v) is 4.64. The lowest BCUT2D eigenvalue weighted by atomic mass is 10.1. The average Bonchev–Trinajstić information content (AvgIpc) is 2.67. The third-order valence-corrected chi connectivity index (χ3v) is 2.90. The van der Waals surface area contributed by atoms with Gasteiger partial charge < -0.3 is 9.52 Å². The lowest BCUT2D eigenvalue weighted by Crippen LogP contribution is -1.94. The number of aryl methyl sites for hydroxylation is 3. The molecule has 96 valence electrons. The van der Waals surface area contributed by atoms with Gasteiger partial charge in [0, 0.05) is 12.8 Å². The van der Waals surface area contributed by atoms with Crippen LogP contribution < -0.4 is 0 Å². The smallest absolute Gasteiger partial charge is 0.303 e. The SMILES string of the molecule is Cc1cc(C)c2oc(CCCCC(=O)O)nc2c1. The molecule has 1 aromatic carbocycles. The summed E-state index contributed by atoms with van der Waals surface area (Å²) in [7, 11) is 0. The van der Waals surface area contributed by atoms with Crippen LogP contribution in [0.15, 0.2) is 16.5 Å². The van der Waals surface area contributed by atoms with Gasteiger partial charge in [-0.25, -0.2) is 4.98 Å². The summed E-state index contributed by atoms with van der Waals surface area (Å²) in [5, 5.41) is 8.55. The summed E-state index contributed by atoms with van der Waals surface area (Å²) in [6.45, 7) is 4.04. The van der Waals surface area contributed by atoms with Crippen LogP contribution in [0.2, 0.25) is 0 Å². The van der Waals surface area contributed by atoms with Crippen molar-refractivity contribution in [3.05, 3.63) is 29.2 Å². The van der Waals surface area contributed by atoms with Gasteiger partial charge in [-0.15, -0.1) is 0 Å². The summed E-state index contributed by atoms with van der Waals surface area (Å²) in [6.07, 6.45) is 2.35. The van der Waals surface area contributed by atoms with Crippen molar-refractivity contribution in [1.29, 1.82) is 0 Å². The molecule has 1 heterocycles. The number of carboxylic acids is 1. The molecule has 0 fully saturated rings. The summed E-state index contributed by atoms with van der Waals surface area (Å²) in [5.41, 5.74) is 3.99. The van der Waals surface area contributed by atoms with Crippen LogP contribution in [-0.2, 0) is 11.2 Å². The number of aromatic nitrogens is 1. The van der Waals surface area contributed by atoms with Gasteiger partial charge in [0.15, 0.2) is 11.5 Å². The second-order valence-electron chi connectivity index (χ2n) is 4.64. The largest absolute Gasteiger partial charge is 0.481 e. The van der Waals surface area contributed by atoms with Crippen molar-refractivity contribution in [3.8, 4) is 0 Å². The maximum Gasteiger partial charge on any atom is 0.303 e. The van der Waals surface area contributed by atoms with Crippen molar-refractivity contribution in [3.63, 3.8) is 0 Å². The van der Waals surface area contributed by atoms with E-state index >= 15 is 0 Å². The van der Waals surface area contributed by atoms with Crippen LogP contribution in [0.5, 0.6) is 0 Å². The molecule has 1 aromatic heterocycles. The first kappa shape index (κ1) is 12.6. The summed E-state index contributed by atoms with van der Waals surface area (Å²) in [6, 6.07) is 4.08. The van der Waals surface area contributed by atoms with Gasteiger partial charge in [-0.3, -0.25) is 4.79 Å². The van der Waals surface area contributed by atoms with Crippen LogP contribution in [-0.4, -0.2) is 16.1 Å². The highest BCUT2D eigenvalue weighted by molar-refractivity contribution is 5.77. The van der Waals surface area contributed by atoms with Gasteiger partial charge in [0.2, 0.25) is 0 Å². The summed E-state index contributed by atoms with van der Waals surface area (Å²) in [4.78, 5) is 14.8. The number of carboxylic acid groups (broad SMARTS) is 1. The Kier molecular flexibility index (Phi) is 3.65. The maximum absolute atomic E-state index is 10.4. The van der Waals surface area contributed by atoms with Gasteiger partial charge in [-0.05, 0) is 43.9 Å². The fraction of sp³-hybridized carbons (Fsp3) is 0.429. The summed E-state index contributed by atoms with van der Waals surface area (Å²) < 4.78 is 5.70. The monoisotopic (exact) mass is 247 g/mol. The molecule has 18 heavy (non-hydrogen) atoms. The Morgan fingerprint density at radius 3 is 2.83 bits per heavy atom. The first-order valence-electron chi connectivity index (χ1n) is 6.15. The Balaban J connectivity index is 2.06. The third-order valence-electron chi connectivity index (χ3n) is 2.90. The van der Waals surface area contributed by atoms with Crippen molar-refractivity contribution in [2.45, 2.75) is 39.5 Å². The Bertz CT molecular complexity index is 572. The van der Waals surface area contributed by atoms with E-state index in [1.165, 1.54) is 5.56 Å². The Hall–Kier alpha value is -1.84. The lowest BCUT2D eigenvalue weighted by Gasteiger charge is -1.95. The van der Waals surface area contributed by atoms with Crippen LogP contribution in [0.25, 0.3) is 11.1 Å². The van der Waals surface area contributed by atoms with Gasteiger partial charge in [0.1, 0.15) is 5.52 Å². The third kappa shape index (κ3) is 2.88. The highest BCUT2D eigenvalue weighted by Crippen LogP contribution is 2.22. The molecule has 0 atom stereocenters. The fourth-order valence-corrected chi connectivity index (χ4v) is 2.08. The molecule has 4 heteroatoms. The number of hydrogen-bond donors (Lipinski definition) is 1. The molecular weight excluding hydrogens is 230 g/mol. The number of oxazole rings is 1. The number of nitrogens with zero attached hydrogens (tertiary/aromatic N) is 1. The first-order chi connectivity index (χ1) is 8.56. The van der Waals surface area contributed by atoms with Crippen molar-refractivity contribution in [1.82, 2.24) is 4.98 Å². The van der Waals surface area contributed by atoms with Crippen LogP contribution in [0.3, 0.4) is 0 Å². The van der Waals surface area contributed by atoms with E-state index in [4.69, 9.17) is 9.52 Å². The highest BCUT2D eigenvalue weighted by Gasteiger charge is 2.08. The summed E-state index contributed by atoms with van der Waals surface area (Å²) in [5.74, 6) is -0.0527. The quantitative estimate of drug-likeness (QED) is 0.824. The molecular formula is C14H17NO3. The predicted octanol–water partition coefficient (Wildman–Crippen LogP) is 3.24. The van der Waals surface area contributed by atoms with E-state index in [0.717, 1.165) is 23.1 Å². The maximum atomic E-state index is 10.4. The van der Waals surface area contributed by atoms with Crippen LogP contribution >= 0.6 is 0 Å². The molecule has 0 amide bonds. The van der Waals surface area contributed by atoms with Gasteiger partial charge in [0.25, 0.3) is 0 Å². The van der Waals surface area contributed by atoms with Gasteiger partial charge in [-0.1, -0.05) is 6.07 Å². The van der Waals surface area contributed by atoms with Crippen molar-refractivity contribution >= 4 is 17.1 Å². The zero-order valence-corrected chi connectivity index (χ0v) is 10.7. The Morgan fingerprint density at radius 1 is 1.33 bits per heavy atom. The van der Waals surface area contributed by atoms with E-state index in [2.05, 4.69) is 11.1 Å². The predicted molar refractivity (Wildman–Crippen MR) is 68.7 cm³/mol. The van der Waals surface area contributed by atoms with Crippen molar-refractivity contribution in [2.75, 3.05) is 0 Å². The van der Waals surface area contributed by atoms with E-state index < -0.39 is 5.97 Å². The topological polar surface area (TPSA) is 63.3 Å². The molecule has 0 saturated heterocycles. The molecule has 0 aliphatic heterocycles. The molecule has 0 radical (unpaired) electrons. The molecule has 0 bridgehead atoms. The van der Waals surface area contributed by atoms with E-state index in [0.29, 0.717) is 18.7 Å². The van der Waals surface area contributed by atoms with Crippen molar-refractivity contribution in [2.24, 2.45) is 0 Å². The van der Waals surface area contributed by atoms with Crippen LogP contribution in [0.1, 0.15) is 36.3 Å². The fourth-order valence-electron chi connectivity index (χ4n) is 2.08. The van der Waals surface area contributed by atoms with Crippen LogP contribution in [0, 0.1) is 13.8 Å². The minimum absolute atomic E-state index is 0.207. The molecule has 4 nitrogen and oxygen atoms in total. The lowest BCUT2D eigenvalue weighted by molar-refractivity contribution is -0.137. The van der Waals surface area contributed by atoms with E-state index in [-0.39, 0.29) is 6.42 Å².